The van der Waals surface area contributed by atoms with Crippen LogP contribution in [0.3, 0.4) is 0 Å². The van der Waals surface area contributed by atoms with Gasteiger partial charge in [-0.3, -0.25) is 5.41 Å². The van der Waals surface area contributed by atoms with Crippen LogP contribution in [0.5, 0.6) is 0 Å². The van der Waals surface area contributed by atoms with Gasteiger partial charge in [0.25, 0.3) is 0 Å². The molecule has 1 rings (SSSR count). The largest absolute Gasteiger partial charge is 0.387 e. The Morgan fingerprint density at radius 1 is 1.55 bits per heavy atom. The Labute approximate surface area is 67.4 Å². The van der Waals surface area contributed by atoms with Gasteiger partial charge in [0.15, 0.2) is 0 Å². The van der Waals surface area contributed by atoms with Crippen LogP contribution in [0.2, 0.25) is 0 Å². The van der Waals surface area contributed by atoms with E-state index in [1.165, 1.54) is 0 Å². The van der Waals surface area contributed by atoms with E-state index in [4.69, 9.17) is 15.9 Å². The van der Waals surface area contributed by atoms with Crippen LogP contribution in [-0.2, 0) is 4.74 Å². The van der Waals surface area contributed by atoms with Crippen molar-refractivity contribution >= 4 is 5.84 Å². The zero-order valence-electron chi connectivity index (χ0n) is 7.13. The highest BCUT2D eigenvalue weighted by Gasteiger charge is 2.32. The summed E-state index contributed by atoms with van der Waals surface area (Å²) < 4.78 is 5.51. The maximum absolute atomic E-state index is 7.15. The van der Waals surface area contributed by atoms with E-state index in [1.54, 1.807) is 0 Å². The van der Waals surface area contributed by atoms with Crippen molar-refractivity contribution in [3.05, 3.63) is 0 Å². The molecule has 0 saturated heterocycles. The van der Waals surface area contributed by atoms with Gasteiger partial charge in [-0.15, -0.1) is 0 Å². The second kappa shape index (κ2) is 3.22. The average molecular weight is 156 g/mol. The first-order chi connectivity index (χ1) is 5.09. The molecule has 1 aliphatic rings. The number of nitrogens with two attached hydrogens (primary N) is 1. The predicted octanol–water partition coefficient (Wildman–Crippen LogP) is 1.13. The Hall–Kier alpha value is -0.570. The summed E-state index contributed by atoms with van der Waals surface area (Å²) in [7, 11) is 0. The lowest BCUT2D eigenvalue weighted by molar-refractivity contribution is -0.0481. The SMILES string of the molecule is CC(C)OC1CC(C(=N)N)C1. The molecule has 3 heteroatoms. The van der Waals surface area contributed by atoms with Gasteiger partial charge in [-0.05, 0) is 26.7 Å². The van der Waals surface area contributed by atoms with Gasteiger partial charge in [0, 0.05) is 5.92 Å². The maximum Gasteiger partial charge on any atom is 0.0938 e. The van der Waals surface area contributed by atoms with Gasteiger partial charge in [-0.1, -0.05) is 0 Å². The topological polar surface area (TPSA) is 59.1 Å². The van der Waals surface area contributed by atoms with E-state index >= 15 is 0 Å². The van der Waals surface area contributed by atoms with Gasteiger partial charge in [0.2, 0.25) is 0 Å². The molecule has 64 valence electrons. The number of hydrogen-bond donors (Lipinski definition) is 2. The summed E-state index contributed by atoms with van der Waals surface area (Å²) in [5.74, 6) is 0.604. The minimum atomic E-state index is 0.291. The van der Waals surface area contributed by atoms with Crippen molar-refractivity contribution in [1.82, 2.24) is 0 Å². The monoisotopic (exact) mass is 156 g/mol. The Balaban J connectivity index is 2.14. The average Bonchev–Trinajstić information content (AvgIpc) is 1.75. The summed E-state index contributed by atoms with van der Waals surface area (Å²) in [6.45, 7) is 4.06. The molecule has 0 unspecified atom stereocenters. The van der Waals surface area contributed by atoms with Gasteiger partial charge in [-0.25, -0.2) is 0 Å². The molecule has 0 spiro atoms. The molecule has 1 fully saturated rings. The van der Waals surface area contributed by atoms with Crippen LogP contribution >= 0.6 is 0 Å². The first-order valence-corrected chi connectivity index (χ1v) is 4.09. The van der Waals surface area contributed by atoms with E-state index in [1.807, 2.05) is 13.8 Å². The summed E-state index contributed by atoms with van der Waals surface area (Å²) in [6, 6.07) is 0. The standard InChI is InChI=1S/C8H16N2O/c1-5(2)11-7-3-6(4-7)8(9)10/h5-7H,3-4H2,1-2H3,(H3,9,10). The van der Waals surface area contributed by atoms with E-state index in [0.29, 0.717) is 24.0 Å². The minimum absolute atomic E-state index is 0.291. The molecule has 0 atom stereocenters. The molecule has 0 heterocycles. The molecule has 11 heavy (non-hydrogen) atoms. The van der Waals surface area contributed by atoms with Crippen molar-refractivity contribution in [2.24, 2.45) is 11.7 Å². The van der Waals surface area contributed by atoms with E-state index in [-0.39, 0.29) is 0 Å². The lowest BCUT2D eigenvalue weighted by Gasteiger charge is -2.35. The number of amidine groups is 1. The van der Waals surface area contributed by atoms with Gasteiger partial charge < -0.3 is 10.5 Å². The van der Waals surface area contributed by atoms with Gasteiger partial charge >= 0.3 is 0 Å². The third-order valence-electron chi connectivity index (χ3n) is 2.00. The molecule has 0 radical (unpaired) electrons. The van der Waals surface area contributed by atoms with E-state index in [2.05, 4.69) is 0 Å². The summed E-state index contributed by atoms with van der Waals surface area (Å²) in [5.41, 5.74) is 5.32. The first-order valence-electron chi connectivity index (χ1n) is 4.09. The Morgan fingerprint density at radius 2 is 2.09 bits per heavy atom. The third-order valence-corrected chi connectivity index (χ3v) is 2.00. The van der Waals surface area contributed by atoms with E-state index in [9.17, 15) is 0 Å². The summed E-state index contributed by atoms with van der Waals surface area (Å²) in [5, 5.41) is 7.15. The fraction of sp³-hybridized carbons (Fsp3) is 0.875. The van der Waals surface area contributed by atoms with Crippen LogP contribution in [0.15, 0.2) is 0 Å². The molecule has 0 aromatic heterocycles. The smallest absolute Gasteiger partial charge is 0.0938 e. The van der Waals surface area contributed by atoms with Gasteiger partial charge in [-0.2, -0.15) is 0 Å². The molecule has 0 amide bonds. The van der Waals surface area contributed by atoms with Crippen LogP contribution in [0, 0.1) is 11.3 Å². The minimum Gasteiger partial charge on any atom is -0.387 e. The lowest BCUT2D eigenvalue weighted by atomic mass is 9.81. The molecule has 0 aliphatic heterocycles. The fourth-order valence-electron chi connectivity index (χ4n) is 1.32. The van der Waals surface area contributed by atoms with Crippen LogP contribution < -0.4 is 5.73 Å². The Bertz CT molecular complexity index is 150. The van der Waals surface area contributed by atoms with E-state index < -0.39 is 0 Å². The van der Waals surface area contributed by atoms with Crippen LogP contribution in [0.25, 0.3) is 0 Å². The molecule has 3 N–H and O–H groups in total. The van der Waals surface area contributed by atoms with Crippen molar-refractivity contribution in [2.75, 3.05) is 0 Å². The maximum atomic E-state index is 7.15. The highest BCUT2D eigenvalue weighted by atomic mass is 16.5. The van der Waals surface area contributed by atoms with Gasteiger partial charge in [0.05, 0.1) is 18.0 Å². The predicted molar refractivity (Wildman–Crippen MR) is 44.6 cm³/mol. The summed E-state index contributed by atoms with van der Waals surface area (Å²) >= 11 is 0. The molecule has 0 bridgehead atoms. The van der Waals surface area contributed by atoms with Crippen LogP contribution in [0.4, 0.5) is 0 Å². The number of hydrogen-bond acceptors (Lipinski definition) is 2. The highest BCUT2D eigenvalue weighted by molar-refractivity contribution is 5.80. The van der Waals surface area contributed by atoms with Crippen molar-refractivity contribution in [2.45, 2.75) is 38.9 Å². The molecule has 0 aromatic rings. The second-order valence-corrected chi connectivity index (χ2v) is 3.43. The fourth-order valence-corrected chi connectivity index (χ4v) is 1.32. The van der Waals surface area contributed by atoms with Crippen molar-refractivity contribution in [1.29, 1.82) is 5.41 Å². The zero-order chi connectivity index (χ0) is 8.43. The number of rotatable bonds is 3. The van der Waals surface area contributed by atoms with E-state index in [0.717, 1.165) is 12.8 Å². The second-order valence-electron chi connectivity index (χ2n) is 3.43. The Kier molecular flexibility index (Phi) is 2.49. The quantitative estimate of drug-likeness (QED) is 0.475. The molecule has 1 aliphatic carbocycles. The third kappa shape index (κ3) is 2.19. The molecular formula is C8H16N2O. The summed E-state index contributed by atoms with van der Waals surface area (Å²) in [4.78, 5) is 0. The van der Waals surface area contributed by atoms with Crippen molar-refractivity contribution in [3.8, 4) is 0 Å². The molecular weight excluding hydrogens is 140 g/mol. The highest BCUT2D eigenvalue weighted by Crippen LogP contribution is 2.30. The van der Waals surface area contributed by atoms with Crippen molar-refractivity contribution < 1.29 is 4.74 Å². The molecule has 1 saturated carbocycles. The first kappa shape index (κ1) is 8.53. The summed E-state index contributed by atoms with van der Waals surface area (Å²) in [6.07, 6.45) is 2.53. The molecule has 0 aromatic carbocycles. The zero-order valence-corrected chi connectivity index (χ0v) is 7.13. The van der Waals surface area contributed by atoms with Crippen LogP contribution in [0.1, 0.15) is 26.7 Å². The van der Waals surface area contributed by atoms with Gasteiger partial charge in [0.1, 0.15) is 0 Å². The van der Waals surface area contributed by atoms with Crippen LogP contribution in [-0.4, -0.2) is 18.0 Å². The molecule has 3 nitrogen and oxygen atoms in total. The number of nitrogens with one attached hydrogen (secondary N) is 1. The Morgan fingerprint density at radius 3 is 2.45 bits per heavy atom. The van der Waals surface area contributed by atoms with Crippen molar-refractivity contribution in [3.63, 3.8) is 0 Å². The number of ether oxygens (including phenoxy) is 1. The lowest BCUT2D eigenvalue weighted by Crippen LogP contribution is -2.40. The normalized spacial score (nSPS) is 30.1.